The van der Waals surface area contributed by atoms with Gasteiger partial charge in [0.05, 0.1) is 5.60 Å². The van der Waals surface area contributed by atoms with Crippen LogP contribution in [0.4, 0.5) is 0 Å². The van der Waals surface area contributed by atoms with Crippen LogP contribution in [-0.4, -0.2) is 26.9 Å². The fraction of sp³-hybridized carbons (Fsp3) is 0.286. The Hall–Kier alpha value is -2.14. The van der Waals surface area contributed by atoms with Crippen molar-refractivity contribution in [1.29, 1.82) is 0 Å². The number of rotatable bonds is 4. The summed E-state index contributed by atoms with van der Waals surface area (Å²) < 4.78 is 4.98. The van der Waals surface area contributed by atoms with Crippen molar-refractivity contribution in [1.82, 2.24) is 5.16 Å². The third kappa shape index (κ3) is 2.51. The van der Waals surface area contributed by atoms with Crippen LogP contribution in [0.3, 0.4) is 0 Å². The van der Waals surface area contributed by atoms with Gasteiger partial charge in [0.2, 0.25) is 0 Å². The summed E-state index contributed by atoms with van der Waals surface area (Å²) in [4.78, 5) is 10.7. The Morgan fingerprint density at radius 1 is 1.32 bits per heavy atom. The summed E-state index contributed by atoms with van der Waals surface area (Å²) in [6.07, 6.45) is 2.38. The van der Waals surface area contributed by atoms with Gasteiger partial charge in [0.25, 0.3) is 0 Å². The van der Waals surface area contributed by atoms with Crippen molar-refractivity contribution in [2.45, 2.75) is 24.9 Å². The van der Waals surface area contributed by atoms with E-state index in [1.807, 2.05) is 24.3 Å². The second-order valence-electron chi connectivity index (χ2n) is 4.98. The van der Waals surface area contributed by atoms with Crippen LogP contribution in [0.5, 0.6) is 0 Å². The first-order valence-corrected chi connectivity index (χ1v) is 6.07. The Morgan fingerprint density at radius 2 is 2.00 bits per heavy atom. The molecule has 0 amide bonds. The Bertz CT molecular complexity index is 611. The first kappa shape index (κ1) is 11.9. The van der Waals surface area contributed by atoms with Crippen molar-refractivity contribution in [3.05, 3.63) is 41.6 Å². The zero-order chi connectivity index (χ0) is 13.5. The fourth-order valence-electron chi connectivity index (χ4n) is 2.00. The highest BCUT2D eigenvalue weighted by atomic mass is 16.5. The quantitative estimate of drug-likeness (QED) is 0.878. The molecule has 0 aliphatic heterocycles. The van der Waals surface area contributed by atoms with Gasteiger partial charge in [0.15, 0.2) is 11.5 Å². The van der Waals surface area contributed by atoms with E-state index >= 15 is 0 Å². The molecule has 1 aliphatic rings. The Balaban J connectivity index is 1.79. The highest BCUT2D eigenvalue weighted by molar-refractivity contribution is 5.86. The predicted molar refractivity (Wildman–Crippen MR) is 66.8 cm³/mol. The zero-order valence-corrected chi connectivity index (χ0v) is 10.2. The summed E-state index contributed by atoms with van der Waals surface area (Å²) >= 11 is 0. The van der Waals surface area contributed by atoms with E-state index in [-0.39, 0.29) is 5.69 Å². The molecule has 98 valence electrons. The molecule has 2 aromatic rings. The van der Waals surface area contributed by atoms with Gasteiger partial charge in [0.1, 0.15) is 0 Å². The van der Waals surface area contributed by atoms with Crippen LogP contribution in [0.15, 0.2) is 34.9 Å². The minimum atomic E-state index is -1.11. The van der Waals surface area contributed by atoms with Gasteiger partial charge in [-0.05, 0) is 18.4 Å². The molecule has 0 bridgehead atoms. The summed E-state index contributed by atoms with van der Waals surface area (Å²) in [6.45, 7) is 0. The summed E-state index contributed by atoms with van der Waals surface area (Å²) in [6, 6.07) is 8.90. The Labute approximate surface area is 109 Å². The molecule has 0 spiro atoms. The Morgan fingerprint density at radius 3 is 2.53 bits per heavy atom. The maximum Gasteiger partial charge on any atom is 0.358 e. The number of aliphatic hydroxyl groups is 1. The molecule has 0 saturated heterocycles. The zero-order valence-electron chi connectivity index (χ0n) is 10.2. The van der Waals surface area contributed by atoms with E-state index in [0.717, 1.165) is 24.0 Å². The van der Waals surface area contributed by atoms with Gasteiger partial charge in [-0.3, -0.25) is 0 Å². The number of carboxylic acid groups (broad SMARTS) is 1. The van der Waals surface area contributed by atoms with E-state index in [2.05, 4.69) is 5.16 Å². The van der Waals surface area contributed by atoms with E-state index in [1.54, 1.807) is 0 Å². The van der Waals surface area contributed by atoms with Crippen molar-refractivity contribution in [3.63, 3.8) is 0 Å². The largest absolute Gasteiger partial charge is 0.476 e. The molecule has 0 radical (unpaired) electrons. The molecule has 1 aromatic carbocycles. The number of carboxylic acids is 1. The van der Waals surface area contributed by atoms with Crippen LogP contribution in [0.2, 0.25) is 0 Å². The second kappa shape index (κ2) is 4.20. The van der Waals surface area contributed by atoms with Crippen molar-refractivity contribution < 1.29 is 19.5 Å². The van der Waals surface area contributed by atoms with Gasteiger partial charge < -0.3 is 14.7 Å². The van der Waals surface area contributed by atoms with E-state index in [4.69, 9.17) is 9.63 Å². The van der Waals surface area contributed by atoms with Crippen LogP contribution in [0.25, 0.3) is 11.3 Å². The lowest BCUT2D eigenvalue weighted by Gasteiger charge is -2.07. The number of nitrogens with zero attached hydrogens (tertiary/aromatic N) is 1. The predicted octanol–water partition coefficient (Wildman–Crippen LogP) is 2.11. The van der Waals surface area contributed by atoms with Crippen molar-refractivity contribution in [2.75, 3.05) is 0 Å². The van der Waals surface area contributed by atoms with Crippen LogP contribution in [0.1, 0.15) is 28.9 Å². The smallest absolute Gasteiger partial charge is 0.358 e. The van der Waals surface area contributed by atoms with Gasteiger partial charge in [-0.15, -0.1) is 0 Å². The van der Waals surface area contributed by atoms with Crippen molar-refractivity contribution >= 4 is 5.97 Å². The lowest BCUT2D eigenvalue weighted by molar-refractivity contribution is 0.0685. The van der Waals surface area contributed by atoms with E-state index in [0.29, 0.717) is 12.2 Å². The van der Waals surface area contributed by atoms with Gasteiger partial charge in [0, 0.05) is 18.1 Å². The highest BCUT2D eigenvalue weighted by Crippen LogP contribution is 2.38. The summed E-state index contributed by atoms with van der Waals surface area (Å²) in [5.74, 6) is -0.684. The molecule has 1 aromatic heterocycles. The first-order valence-electron chi connectivity index (χ1n) is 6.07. The average Bonchev–Trinajstić information content (AvgIpc) is 2.93. The molecule has 5 heteroatoms. The van der Waals surface area contributed by atoms with Gasteiger partial charge in [-0.25, -0.2) is 4.79 Å². The SMILES string of the molecule is O=C(O)c1cc(-c2ccc(CC3(O)CC3)cc2)on1. The molecule has 0 unspecified atom stereocenters. The molecular weight excluding hydrogens is 246 g/mol. The van der Waals surface area contributed by atoms with E-state index in [1.165, 1.54) is 6.07 Å². The average molecular weight is 259 g/mol. The molecule has 2 N–H and O–H groups in total. The minimum Gasteiger partial charge on any atom is -0.476 e. The second-order valence-corrected chi connectivity index (χ2v) is 4.98. The molecule has 3 rings (SSSR count). The van der Waals surface area contributed by atoms with E-state index in [9.17, 15) is 9.90 Å². The van der Waals surface area contributed by atoms with Crippen LogP contribution in [0, 0.1) is 0 Å². The Kier molecular flexibility index (Phi) is 2.64. The van der Waals surface area contributed by atoms with Crippen molar-refractivity contribution in [3.8, 4) is 11.3 Å². The van der Waals surface area contributed by atoms with Crippen LogP contribution in [-0.2, 0) is 6.42 Å². The standard InChI is InChI=1S/C14H13NO4/c16-13(17)11-7-12(19-15-11)10-3-1-9(2-4-10)8-14(18)5-6-14/h1-4,7,18H,5-6,8H2,(H,16,17). The molecule has 1 saturated carbocycles. The molecule has 19 heavy (non-hydrogen) atoms. The molecule has 5 nitrogen and oxygen atoms in total. The number of hydrogen-bond acceptors (Lipinski definition) is 4. The van der Waals surface area contributed by atoms with Crippen LogP contribution >= 0.6 is 0 Å². The monoisotopic (exact) mass is 259 g/mol. The fourth-order valence-corrected chi connectivity index (χ4v) is 2.00. The summed E-state index contributed by atoms with van der Waals surface area (Å²) in [7, 11) is 0. The molecule has 1 heterocycles. The molecule has 1 fully saturated rings. The van der Waals surface area contributed by atoms with E-state index < -0.39 is 11.6 Å². The molecule has 1 aliphatic carbocycles. The van der Waals surface area contributed by atoms with Crippen LogP contribution < -0.4 is 0 Å². The summed E-state index contributed by atoms with van der Waals surface area (Å²) in [5.41, 5.74) is 1.21. The first-order chi connectivity index (χ1) is 9.06. The van der Waals surface area contributed by atoms with Gasteiger partial charge in [-0.1, -0.05) is 29.4 Å². The summed E-state index contributed by atoms with van der Waals surface area (Å²) in [5, 5.41) is 22.1. The number of carbonyl (C=O) groups is 1. The topological polar surface area (TPSA) is 83.6 Å². The number of aromatic carboxylic acids is 1. The lowest BCUT2D eigenvalue weighted by Crippen LogP contribution is -2.10. The molecule has 0 atom stereocenters. The lowest BCUT2D eigenvalue weighted by atomic mass is 10.0. The number of aromatic nitrogens is 1. The molecular formula is C14H13NO4. The van der Waals surface area contributed by atoms with Gasteiger partial charge in [-0.2, -0.15) is 0 Å². The maximum atomic E-state index is 10.7. The third-order valence-electron chi connectivity index (χ3n) is 3.33. The number of hydrogen-bond donors (Lipinski definition) is 2. The maximum absolute atomic E-state index is 10.7. The third-order valence-corrected chi connectivity index (χ3v) is 3.33. The number of benzene rings is 1. The van der Waals surface area contributed by atoms with Gasteiger partial charge >= 0.3 is 5.97 Å². The van der Waals surface area contributed by atoms with Crippen molar-refractivity contribution in [2.24, 2.45) is 0 Å². The minimum absolute atomic E-state index is 0.105. The normalized spacial score (nSPS) is 16.3. The highest BCUT2D eigenvalue weighted by Gasteiger charge is 2.39.